The minimum absolute atomic E-state index is 0.143. The number of halogens is 1. The summed E-state index contributed by atoms with van der Waals surface area (Å²) in [5, 5.41) is 16.2. The first kappa shape index (κ1) is 18.1. The molecule has 0 bridgehead atoms. The van der Waals surface area contributed by atoms with Gasteiger partial charge in [-0.15, -0.1) is 0 Å². The Hall–Kier alpha value is -3.30. The molecule has 0 aliphatic heterocycles. The van der Waals surface area contributed by atoms with Crippen LogP contribution in [0.3, 0.4) is 0 Å². The van der Waals surface area contributed by atoms with Gasteiger partial charge in [-0.1, -0.05) is 72.3 Å². The number of phenols is 1. The van der Waals surface area contributed by atoms with Crippen LogP contribution in [-0.4, -0.2) is 11.0 Å². The Bertz CT molecular complexity index is 1120. The number of benzene rings is 4. The van der Waals surface area contributed by atoms with Gasteiger partial charge in [0.2, 0.25) is 0 Å². The lowest BCUT2D eigenvalue weighted by Gasteiger charge is -2.22. The van der Waals surface area contributed by atoms with Crippen molar-refractivity contribution in [1.29, 1.82) is 0 Å². The standard InChI is InChI=1S/C24H18ClNO2/c25-19-13-10-18(11-14-19)24(28)26-23(17-7-2-1-3-8-17)22-20-9-5-4-6-16(20)12-15-21(22)27/h1-15,23,27H,(H,26,28)/t23-/m0/s1. The normalized spacial score (nSPS) is 11.9. The van der Waals surface area contributed by atoms with E-state index in [1.165, 1.54) is 0 Å². The lowest BCUT2D eigenvalue weighted by molar-refractivity contribution is 0.0943. The van der Waals surface area contributed by atoms with Gasteiger partial charge in [-0.3, -0.25) is 4.79 Å². The van der Waals surface area contributed by atoms with Gasteiger partial charge < -0.3 is 10.4 Å². The third-order valence-corrected chi connectivity index (χ3v) is 5.00. The van der Waals surface area contributed by atoms with E-state index in [0.717, 1.165) is 16.3 Å². The number of rotatable bonds is 4. The number of amides is 1. The highest BCUT2D eigenvalue weighted by Crippen LogP contribution is 2.36. The van der Waals surface area contributed by atoms with E-state index in [1.807, 2.05) is 60.7 Å². The molecule has 138 valence electrons. The lowest BCUT2D eigenvalue weighted by Crippen LogP contribution is -2.29. The smallest absolute Gasteiger partial charge is 0.252 e. The number of carbonyl (C=O) groups is 1. The van der Waals surface area contributed by atoms with Crippen LogP contribution in [0.15, 0.2) is 91.0 Å². The monoisotopic (exact) mass is 387 g/mol. The molecule has 0 radical (unpaired) electrons. The largest absolute Gasteiger partial charge is 0.508 e. The molecule has 0 aliphatic carbocycles. The Morgan fingerprint density at radius 1 is 0.821 bits per heavy atom. The second-order valence-corrected chi connectivity index (χ2v) is 6.98. The van der Waals surface area contributed by atoms with Crippen LogP contribution in [0.1, 0.15) is 27.5 Å². The van der Waals surface area contributed by atoms with Crippen molar-refractivity contribution in [3.63, 3.8) is 0 Å². The molecule has 0 saturated heterocycles. The van der Waals surface area contributed by atoms with Crippen LogP contribution >= 0.6 is 11.6 Å². The third kappa shape index (κ3) is 3.57. The SMILES string of the molecule is O=C(N[C@@H](c1ccccc1)c1c(O)ccc2ccccc12)c1ccc(Cl)cc1. The van der Waals surface area contributed by atoms with Crippen LogP contribution in [0.25, 0.3) is 10.8 Å². The molecule has 1 atom stereocenters. The highest BCUT2D eigenvalue weighted by Gasteiger charge is 2.23. The molecule has 0 aliphatic rings. The number of phenolic OH excluding ortho intramolecular Hbond substituents is 1. The lowest BCUT2D eigenvalue weighted by atomic mass is 9.92. The fraction of sp³-hybridized carbons (Fsp3) is 0.0417. The van der Waals surface area contributed by atoms with Crippen LogP contribution in [0.5, 0.6) is 5.75 Å². The van der Waals surface area contributed by atoms with Gasteiger partial charge in [0.1, 0.15) is 5.75 Å². The summed E-state index contributed by atoms with van der Waals surface area (Å²) in [5.41, 5.74) is 2.06. The van der Waals surface area contributed by atoms with Crippen molar-refractivity contribution < 1.29 is 9.90 Å². The summed E-state index contributed by atoms with van der Waals surface area (Å²) in [7, 11) is 0. The highest BCUT2D eigenvalue weighted by atomic mass is 35.5. The second kappa shape index (κ2) is 7.75. The summed E-state index contributed by atoms with van der Waals surface area (Å²) in [4.78, 5) is 12.9. The van der Waals surface area contributed by atoms with Gasteiger partial charge >= 0.3 is 0 Å². The van der Waals surface area contributed by atoms with Crippen LogP contribution in [0.4, 0.5) is 0 Å². The zero-order valence-corrected chi connectivity index (χ0v) is 15.7. The predicted octanol–water partition coefficient (Wildman–Crippen LogP) is 5.72. The van der Waals surface area contributed by atoms with Crippen molar-refractivity contribution in [2.24, 2.45) is 0 Å². The van der Waals surface area contributed by atoms with Gasteiger partial charge in [-0.25, -0.2) is 0 Å². The van der Waals surface area contributed by atoms with Crippen molar-refractivity contribution in [3.8, 4) is 5.75 Å². The molecule has 0 unspecified atom stereocenters. The van der Waals surface area contributed by atoms with E-state index >= 15 is 0 Å². The number of aromatic hydroxyl groups is 1. The average molecular weight is 388 g/mol. The van der Waals surface area contributed by atoms with Gasteiger partial charge in [0, 0.05) is 16.1 Å². The zero-order valence-electron chi connectivity index (χ0n) is 15.0. The summed E-state index contributed by atoms with van der Waals surface area (Å²) >= 11 is 5.94. The molecule has 1 amide bonds. The molecule has 2 N–H and O–H groups in total. The fourth-order valence-electron chi connectivity index (χ4n) is 3.37. The first-order valence-corrected chi connectivity index (χ1v) is 9.33. The van der Waals surface area contributed by atoms with Crippen molar-refractivity contribution in [3.05, 3.63) is 113 Å². The molecule has 3 nitrogen and oxygen atoms in total. The summed E-state index contributed by atoms with van der Waals surface area (Å²) in [6, 6.07) is 27.2. The van der Waals surface area contributed by atoms with E-state index in [9.17, 15) is 9.90 Å². The minimum Gasteiger partial charge on any atom is -0.508 e. The molecular formula is C24H18ClNO2. The van der Waals surface area contributed by atoms with E-state index in [2.05, 4.69) is 5.32 Å². The predicted molar refractivity (Wildman–Crippen MR) is 113 cm³/mol. The van der Waals surface area contributed by atoms with Gasteiger partial charge in [0.15, 0.2) is 0 Å². The molecule has 0 fully saturated rings. The Labute approximate surface area is 168 Å². The van der Waals surface area contributed by atoms with Crippen molar-refractivity contribution in [2.45, 2.75) is 6.04 Å². The molecule has 0 heterocycles. The summed E-state index contributed by atoms with van der Waals surface area (Å²) in [5.74, 6) is -0.0955. The highest BCUT2D eigenvalue weighted by molar-refractivity contribution is 6.30. The summed E-state index contributed by atoms with van der Waals surface area (Å²) < 4.78 is 0. The van der Waals surface area contributed by atoms with Gasteiger partial charge in [-0.05, 0) is 46.7 Å². The topological polar surface area (TPSA) is 49.3 Å². The summed E-state index contributed by atoms with van der Waals surface area (Å²) in [6.07, 6.45) is 0. The fourth-order valence-corrected chi connectivity index (χ4v) is 3.50. The Kier molecular flexibility index (Phi) is 5.00. The quantitative estimate of drug-likeness (QED) is 0.470. The van der Waals surface area contributed by atoms with E-state index < -0.39 is 6.04 Å². The van der Waals surface area contributed by atoms with Crippen LogP contribution in [-0.2, 0) is 0 Å². The second-order valence-electron chi connectivity index (χ2n) is 6.54. The van der Waals surface area contributed by atoms with Gasteiger partial charge in [0.05, 0.1) is 6.04 Å². The zero-order chi connectivity index (χ0) is 19.5. The molecule has 4 aromatic rings. The number of hydrogen-bond acceptors (Lipinski definition) is 2. The number of hydrogen-bond donors (Lipinski definition) is 2. The molecule has 4 rings (SSSR count). The first-order valence-electron chi connectivity index (χ1n) is 8.95. The Morgan fingerprint density at radius 2 is 1.50 bits per heavy atom. The molecule has 0 aromatic heterocycles. The molecule has 4 aromatic carbocycles. The summed E-state index contributed by atoms with van der Waals surface area (Å²) in [6.45, 7) is 0. The number of fused-ring (bicyclic) bond motifs is 1. The third-order valence-electron chi connectivity index (χ3n) is 4.75. The molecular weight excluding hydrogens is 370 g/mol. The van der Waals surface area contributed by atoms with Crippen molar-refractivity contribution >= 4 is 28.3 Å². The first-order chi connectivity index (χ1) is 13.6. The van der Waals surface area contributed by atoms with Crippen LogP contribution < -0.4 is 5.32 Å². The van der Waals surface area contributed by atoms with E-state index in [1.54, 1.807) is 30.3 Å². The van der Waals surface area contributed by atoms with E-state index in [0.29, 0.717) is 16.1 Å². The maximum Gasteiger partial charge on any atom is 0.252 e. The molecule has 0 spiro atoms. The van der Waals surface area contributed by atoms with Crippen LogP contribution in [0.2, 0.25) is 5.02 Å². The minimum atomic E-state index is -0.504. The van der Waals surface area contributed by atoms with Gasteiger partial charge in [-0.2, -0.15) is 0 Å². The maximum atomic E-state index is 12.9. The van der Waals surface area contributed by atoms with E-state index in [4.69, 9.17) is 11.6 Å². The number of nitrogens with one attached hydrogen (secondary N) is 1. The Morgan fingerprint density at radius 3 is 2.25 bits per heavy atom. The van der Waals surface area contributed by atoms with Gasteiger partial charge in [0.25, 0.3) is 5.91 Å². The molecule has 28 heavy (non-hydrogen) atoms. The Balaban J connectivity index is 1.83. The van der Waals surface area contributed by atoms with E-state index in [-0.39, 0.29) is 11.7 Å². The van der Waals surface area contributed by atoms with Crippen molar-refractivity contribution in [2.75, 3.05) is 0 Å². The average Bonchev–Trinajstić information content (AvgIpc) is 2.73. The molecule has 4 heteroatoms. The molecule has 0 saturated carbocycles. The number of carbonyl (C=O) groups excluding carboxylic acids is 1. The van der Waals surface area contributed by atoms with Crippen molar-refractivity contribution in [1.82, 2.24) is 5.32 Å². The maximum absolute atomic E-state index is 12.9. The van der Waals surface area contributed by atoms with Crippen LogP contribution in [0, 0.1) is 0 Å².